The minimum atomic E-state index is -1.37. The highest BCUT2D eigenvalue weighted by atomic mass is 32.1. The lowest BCUT2D eigenvalue weighted by atomic mass is 9.90. The molecule has 3 heterocycles. The first-order chi connectivity index (χ1) is 25.7. The molecule has 51 heavy (non-hydrogen) atoms. The number of rotatable bonds is 3. The van der Waals surface area contributed by atoms with Crippen molar-refractivity contribution in [3.05, 3.63) is 170 Å². The molecule has 0 fully saturated rings. The van der Waals surface area contributed by atoms with Crippen LogP contribution in [-0.2, 0) is 0 Å². The van der Waals surface area contributed by atoms with Crippen LogP contribution >= 0.6 is 19.4 Å². The number of anilines is 2. The third-order valence-electron chi connectivity index (χ3n) is 10.0. The van der Waals surface area contributed by atoms with Gasteiger partial charge >= 0.3 is 0 Å². The van der Waals surface area contributed by atoms with Gasteiger partial charge in [0.2, 0.25) is 5.95 Å². The van der Waals surface area contributed by atoms with Crippen LogP contribution in [0.2, 0.25) is 0 Å². The van der Waals surface area contributed by atoms with Crippen LogP contribution in [0.5, 0.6) is 0 Å². The van der Waals surface area contributed by atoms with Crippen LogP contribution in [0.3, 0.4) is 0 Å². The molecule has 1 atom stereocenters. The zero-order chi connectivity index (χ0) is 34.3. The fraction of sp³-hybridized carbons (Fsp3) is 0. The van der Waals surface area contributed by atoms with Crippen LogP contribution in [0, 0.1) is 0 Å². The van der Waals surface area contributed by atoms with E-state index in [0.29, 0.717) is 12.0 Å². The van der Waals surface area contributed by atoms with Gasteiger partial charge in [0, 0.05) is 48.2 Å². The number of aromatic nitrogens is 2. The number of thiophene rings is 1. The summed E-state index contributed by atoms with van der Waals surface area (Å²) < 4.78 is 14.7. The highest BCUT2D eigenvalue weighted by molar-refractivity contribution is 7.75. The topological polar surface area (TPSA) is 29.0 Å². The number of benzene rings is 8. The number of nitrogens with zero attached hydrogens (tertiary/aromatic N) is 3. The smallest absolute Gasteiger partial charge is 0.235 e. The summed E-state index contributed by atoms with van der Waals surface area (Å²) in [4.78, 5) is 11.0. The molecule has 0 bridgehead atoms. The van der Waals surface area contributed by atoms with Gasteiger partial charge in [0.25, 0.3) is 0 Å². The molecule has 1 aliphatic rings. The molecular weight excluding hydrogens is 658 g/mol. The highest BCUT2D eigenvalue weighted by Crippen LogP contribution is 2.62. The second-order valence-corrected chi connectivity index (χ2v) is 15.9. The molecule has 10 aromatic rings. The first-order valence-electron chi connectivity index (χ1n) is 17.6. The molecule has 2 aromatic heterocycles. The highest BCUT2D eigenvalue weighted by Gasteiger charge is 2.39. The SMILES string of the molecule is [2H]c1cc2ccccc2c2c1P(c1ccccc1)N(c1nc(-c3ccccc3)c3ccccc3n1)c1c-2c2ccccc2c2c1sc1ccccc12. The summed E-state index contributed by atoms with van der Waals surface area (Å²) in [6.07, 6.45) is 0. The molecule has 1 unspecified atom stereocenters. The van der Waals surface area contributed by atoms with E-state index in [-0.39, 0.29) is 0 Å². The van der Waals surface area contributed by atoms with Crippen molar-refractivity contribution in [2.24, 2.45) is 0 Å². The molecular formula is C46H28N3PS. The van der Waals surface area contributed by atoms with E-state index in [1.165, 1.54) is 30.9 Å². The molecule has 3 nitrogen and oxygen atoms in total. The number of fused-ring (bicyclic) bond motifs is 13. The first-order valence-corrected chi connectivity index (χ1v) is 19.2. The molecule has 5 heteroatoms. The lowest BCUT2D eigenvalue weighted by Gasteiger charge is -2.40. The number of para-hydroxylation sites is 1. The van der Waals surface area contributed by atoms with Gasteiger partial charge in [-0.05, 0) is 33.7 Å². The lowest BCUT2D eigenvalue weighted by Crippen LogP contribution is -2.31. The molecule has 1 aliphatic heterocycles. The Hall–Kier alpha value is -5.93. The summed E-state index contributed by atoms with van der Waals surface area (Å²) in [5.74, 6) is 0.640. The van der Waals surface area contributed by atoms with Crippen molar-refractivity contribution < 1.29 is 1.37 Å². The predicted octanol–water partition coefficient (Wildman–Crippen LogP) is 12.1. The Morgan fingerprint density at radius 1 is 0.549 bits per heavy atom. The average molecular weight is 687 g/mol. The third kappa shape index (κ3) is 4.28. The largest absolute Gasteiger partial charge is 0.278 e. The van der Waals surface area contributed by atoms with Gasteiger partial charge in [-0.15, -0.1) is 11.3 Å². The maximum Gasteiger partial charge on any atom is 0.235 e. The van der Waals surface area contributed by atoms with Gasteiger partial charge in [0.15, 0.2) is 0 Å². The van der Waals surface area contributed by atoms with E-state index < -0.39 is 8.07 Å². The predicted molar refractivity (Wildman–Crippen MR) is 220 cm³/mol. The van der Waals surface area contributed by atoms with Gasteiger partial charge in [-0.3, -0.25) is 4.67 Å². The fourth-order valence-corrected chi connectivity index (χ4v) is 11.7. The van der Waals surface area contributed by atoms with Crippen molar-refractivity contribution in [2.45, 2.75) is 0 Å². The van der Waals surface area contributed by atoms with Crippen molar-refractivity contribution in [1.82, 2.24) is 9.97 Å². The molecule has 0 N–H and O–H groups in total. The Morgan fingerprint density at radius 3 is 2.02 bits per heavy atom. The van der Waals surface area contributed by atoms with Gasteiger partial charge in [-0.1, -0.05) is 158 Å². The van der Waals surface area contributed by atoms with E-state index in [0.717, 1.165) is 60.4 Å². The van der Waals surface area contributed by atoms with Crippen LogP contribution in [0.15, 0.2) is 170 Å². The van der Waals surface area contributed by atoms with Gasteiger partial charge in [0.1, 0.15) is 0 Å². The van der Waals surface area contributed by atoms with Crippen molar-refractivity contribution in [1.29, 1.82) is 0 Å². The van der Waals surface area contributed by atoms with Gasteiger partial charge < -0.3 is 0 Å². The van der Waals surface area contributed by atoms with E-state index in [2.05, 4.69) is 156 Å². The summed E-state index contributed by atoms with van der Waals surface area (Å²) in [6, 6.07) is 58.2. The molecule has 0 saturated heterocycles. The van der Waals surface area contributed by atoms with Crippen molar-refractivity contribution >= 4 is 94.3 Å². The summed E-state index contributed by atoms with van der Waals surface area (Å²) in [5.41, 5.74) is 6.23. The molecule has 0 spiro atoms. The molecule has 8 aromatic carbocycles. The van der Waals surface area contributed by atoms with E-state index in [1.807, 2.05) is 23.5 Å². The zero-order valence-corrected chi connectivity index (χ0v) is 29.0. The van der Waals surface area contributed by atoms with E-state index in [4.69, 9.17) is 9.97 Å². The van der Waals surface area contributed by atoms with E-state index in [1.54, 1.807) is 0 Å². The number of hydrogen-bond donors (Lipinski definition) is 0. The van der Waals surface area contributed by atoms with Crippen molar-refractivity contribution in [3.8, 4) is 22.4 Å². The Morgan fingerprint density at radius 2 is 1.20 bits per heavy atom. The third-order valence-corrected chi connectivity index (χ3v) is 13.6. The van der Waals surface area contributed by atoms with Crippen LogP contribution in [0.1, 0.15) is 1.37 Å². The van der Waals surface area contributed by atoms with Crippen molar-refractivity contribution in [3.63, 3.8) is 0 Å². The summed E-state index contributed by atoms with van der Waals surface area (Å²) in [5, 5.41) is 10.3. The maximum atomic E-state index is 9.82. The van der Waals surface area contributed by atoms with Crippen LogP contribution < -0.4 is 15.3 Å². The normalized spacial score (nSPS) is 14.3. The van der Waals surface area contributed by atoms with Gasteiger partial charge in [-0.25, -0.2) is 9.97 Å². The summed E-state index contributed by atoms with van der Waals surface area (Å²) in [6.45, 7) is 0. The maximum absolute atomic E-state index is 9.82. The fourth-order valence-electron chi connectivity index (χ4n) is 7.89. The molecule has 0 saturated carbocycles. The molecule has 0 radical (unpaired) electrons. The Bertz CT molecular complexity index is 3050. The Balaban J connectivity index is 1.39. The average Bonchev–Trinajstić information content (AvgIpc) is 3.60. The lowest BCUT2D eigenvalue weighted by molar-refractivity contribution is 1.17. The monoisotopic (exact) mass is 686 g/mol. The molecule has 238 valence electrons. The Labute approximate surface area is 301 Å². The quantitative estimate of drug-likeness (QED) is 0.173. The molecule has 0 aliphatic carbocycles. The second kappa shape index (κ2) is 11.3. The number of hydrogen-bond acceptors (Lipinski definition) is 4. The Kier molecular flexibility index (Phi) is 6.17. The second-order valence-electron chi connectivity index (χ2n) is 12.9. The van der Waals surface area contributed by atoms with Crippen LogP contribution in [-0.4, -0.2) is 9.97 Å². The van der Waals surface area contributed by atoms with Crippen LogP contribution in [0.4, 0.5) is 11.6 Å². The van der Waals surface area contributed by atoms with E-state index in [9.17, 15) is 1.37 Å². The molecule has 0 amide bonds. The van der Waals surface area contributed by atoms with Gasteiger partial charge in [-0.2, -0.15) is 0 Å². The summed E-state index contributed by atoms with van der Waals surface area (Å²) in [7, 11) is -1.37. The minimum Gasteiger partial charge on any atom is -0.278 e. The van der Waals surface area contributed by atoms with E-state index >= 15 is 0 Å². The van der Waals surface area contributed by atoms with Gasteiger partial charge in [0.05, 0.1) is 31.0 Å². The molecule has 11 rings (SSSR count). The van der Waals surface area contributed by atoms with Crippen LogP contribution in [0.25, 0.3) is 75.0 Å². The first kappa shape index (κ1) is 27.8. The zero-order valence-electron chi connectivity index (χ0n) is 28.3. The van der Waals surface area contributed by atoms with Crippen molar-refractivity contribution in [2.75, 3.05) is 4.67 Å². The standard InChI is InChI=1S/C46H28N3PS/c1-3-16-30(17-4-1)43-35-23-11-13-25-37(35)47-46(48-43)49-44-42(34-22-10-9-21-33(34)40-36-24-12-14-26-39(36)51-45(40)44)41-32-20-8-7-15-29(32)27-28-38(41)50(49)31-18-5-2-6-19-31/h1-28H/i28D. The minimum absolute atomic E-state index is 0.531. The summed E-state index contributed by atoms with van der Waals surface area (Å²) >= 11 is 1.84.